The van der Waals surface area contributed by atoms with Crippen LogP contribution in [0.1, 0.15) is 117 Å². The number of halogens is 3. The molecule has 3 fully saturated rings. The first kappa shape index (κ1) is 47.2. The summed E-state index contributed by atoms with van der Waals surface area (Å²) in [6.45, 7) is 25.5. The van der Waals surface area contributed by atoms with Gasteiger partial charge in [-0.05, 0) is 154 Å². The monoisotopic (exact) mass is 942 g/mol. The van der Waals surface area contributed by atoms with Crippen LogP contribution in [0.4, 0.5) is 0 Å². The maximum absolute atomic E-state index is 11.3. The number of aldehydes is 2. The van der Waals surface area contributed by atoms with E-state index in [2.05, 4.69) is 47.8 Å². The van der Waals surface area contributed by atoms with Crippen LogP contribution in [0, 0.1) is 0 Å². The molecule has 3 heterocycles. The van der Waals surface area contributed by atoms with Crippen LogP contribution in [-0.4, -0.2) is 91.2 Å². The van der Waals surface area contributed by atoms with Gasteiger partial charge in [-0.1, -0.05) is 31.9 Å². The van der Waals surface area contributed by atoms with Gasteiger partial charge in [-0.2, -0.15) is 0 Å². The van der Waals surface area contributed by atoms with Crippen molar-refractivity contribution in [3.63, 3.8) is 0 Å². The minimum absolute atomic E-state index is 0.360. The summed E-state index contributed by atoms with van der Waals surface area (Å²) < 4.78 is 47.8. The van der Waals surface area contributed by atoms with Crippen LogP contribution in [0.5, 0.6) is 11.5 Å². The Labute approximate surface area is 348 Å². The van der Waals surface area contributed by atoms with Crippen LogP contribution in [-0.2, 0) is 27.9 Å². The third kappa shape index (κ3) is 11.7. The summed E-state index contributed by atoms with van der Waals surface area (Å²) >= 11 is 9.99. The number of alkyl halides is 2. The first-order valence-corrected chi connectivity index (χ1v) is 21.3. The van der Waals surface area contributed by atoms with Crippen molar-refractivity contribution < 1.29 is 47.0 Å². The van der Waals surface area contributed by atoms with E-state index in [1.807, 2.05) is 89.2 Å². The largest absolute Gasteiger partial charge is 0.495 e. The summed E-state index contributed by atoms with van der Waals surface area (Å²) in [7, 11) is -1.52. The van der Waals surface area contributed by atoms with E-state index in [1.54, 1.807) is 30.3 Å². The molecule has 0 atom stereocenters. The van der Waals surface area contributed by atoms with Gasteiger partial charge in [0.1, 0.15) is 17.8 Å². The van der Waals surface area contributed by atoms with Gasteiger partial charge in [-0.3, -0.25) is 9.59 Å². The Balaban J connectivity index is 0.000000224. The fourth-order valence-corrected chi connectivity index (χ4v) is 6.02. The van der Waals surface area contributed by atoms with E-state index < -0.39 is 32.3 Å². The molecule has 0 amide bonds. The van der Waals surface area contributed by atoms with Crippen LogP contribution in [0.3, 0.4) is 0 Å². The van der Waals surface area contributed by atoms with Crippen LogP contribution in [0.2, 0.25) is 0 Å². The lowest BCUT2D eigenvalue weighted by Crippen LogP contribution is -2.41. The Morgan fingerprint density at radius 3 is 1.26 bits per heavy atom. The van der Waals surface area contributed by atoms with E-state index in [0.717, 1.165) is 52.0 Å². The van der Waals surface area contributed by atoms with Crippen molar-refractivity contribution in [1.29, 1.82) is 0 Å². The molecule has 3 saturated heterocycles. The molecule has 0 aliphatic carbocycles. The number of carbonyl (C=O) groups is 2. The summed E-state index contributed by atoms with van der Waals surface area (Å²) in [6.07, 6.45) is 3.52. The van der Waals surface area contributed by atoms with Crippen LogP contribution >= 0.6 is 47.8 Å². The molecule has 298 valence electrons. The van der Waals surface area contributed by atoms with E-state index >= 15 is 0 Å². The molecule has 0 unspecified atom stereocenters. The quantitative estimate of drug-likeness (QED) is 0.0889. The summed E-state index contributed by atoms with van der Waals surface area (Å²) in [6, 6.07) is 10.7. The molecule has 0 bridgehead atoms. The second-order valence-corrected chi connectivity index (χ2v) is 18.8. The van der Waals surface area contributed by atoms with E-state index in [-0.39, 0.29) is 22.4 Å². The average molecular weight is 945 g/mol. The van der Waals surface area contributed by atoms with E-state index in [0.29, 0.717) is 29.8 Å². The van der Waals surface area contributed by atoms with Crippen molar-refractivity contribution >= 4 is 87.0 Å². The molecular weight excluding hydrogens is 889 g/mol. The SMILES string of the molecule is CC1(C)OB(B2OC(C)(C)C(C)(C)O2)OC1(C)C.CC1(C)OB(c2cc(OCCCBr)ccc2C=O)OC1(C)C.O=Cc1ccc(OCCCBr)cc1Br. The van der Waals surface area contributed by atoms with Crippen molar-refractivity contribution in [2.24, 2.45) is 0 Å². The first-order valence-electron chi connectivity index (χ1n) is 18.2. The van der Waals surface area contributed by atoms with Gasteiger partial charge in [0.2, 0.25) is 0 Å². The number of hydrogen-bond acceptors (Lipinski definition) is 10. The first-order chi connectivity index (χ1) is 25.0. The van der Waals surface area contributed by atoms with Gasteiger partial charge < -0.3 is 37.4 Å². The highest BCUT2D eigenvalue weighted by atomic mass is 79.9. The standard InChI is InChI=1S/C16H22BBrO4.C12H24B2O4.C10H10Br2O2/c1-15(2)16(3,4)22-17(21-15)14-10-13(20-9-5-8-18)7-6-12(14)11-19;1-9(2)10(3,4)16-13(15-9)14-17-11(5,6)12(7,8)18-14;11-4-1-5-14-9-3-2-8(7-13)10(12)6-9/h6-7,10-11H,5,8-9H2,1-4H3;1-8H3;2-3,6-7H,1,4-5H2. The summed E-state index contributed by atoms with van der Waals surface area (Å²) in [4.78, 5) is 21.8. The topological polar surface area (TPSA) is 108 Å². The number of carbonyl (C=O) groups excluding carboxylic acids is 2. The van der Waals surface area contributed by atoms with Gasteiger partial charge >= 0.3 is 21.1 Å². The molecule has 2 aromatic carbocycles. The minimum Gasteiger partial charge on any atom is -0.494 e. The minimum atomic E-state index is -0.565. The summed E-state index contributed by atoms with van der Waals surface area (Å²) in [5, 5.41) is 1.82. The predicted octanol–water partition coefficient (Wildman–Crippen LogP) is 8.64. The van der Waals surface area contributed by atoms with Crippen LogP contribution in [0.15, 0.2) is 40.9 Å². The van der Waals surface area contributed by atoms with E-state index in [4.69, 9.17) is 37.4 Å². The fraction of sp³-hybridized carbons (Fsp3) is 0.632. The maximum atomic E-state index is 11.3. The zero-order valence-corrected chi connectivity index (χ0v) is 38.6. The highest BCUT2D eigenvalue weighted by Gasteiger charge is 2.63. The molecule has 16 heteroatoms. The zero-order chi connectivity index (χ0) is 40.8. The van der Waals surface area contributed by atoms with Crippen LogP contribution in [0.25, 0.3) is 0 Å². The molecule has 0 saturated carbocycles. The molecule has 0 radical (unpaired) electrons. The Hall–Kier alpha value is -1.23. The molecule has 3 aliphatic heterocycles. The smallest absolute Gasteiger partial charge is 0.494 e. The summed E-state index contributed by atoms with van der Waals surface area (Å²) in [5.74, 6) is 1.50. The van der Waals surface area contributed by atoms with E-state index in [1.165, 1.54) is 0 Å². The van der Waals surface area contributed by atoms with Crippen molar-refractivity contribution in [1.82, 2.24) is 0 Å². The molecule has 3 aliphatic rings. The third-order valence-electron chi connectivity index (χ3n) is 10.6. The molecular formula is C38H56B3Br3O10. The van der Waals surface area contributed by atoms with Gasteiger partial charge in [-0.15, -0.1) is 0 Å². The normalized spacial score (nSPS) is 21.1. The zero-order valence-electron chi connectivity index (χ0n) is 33.8. The average Bonchev–Trinajstić information content (AvgIpc) is 3.54. The molecule has 0 spiro atoms. The predicted molar refractivity (Wildman–Crippen MR) is 227 cm³/mol. The Kier molecular flexibility index (Phi) is 16.6. The van der Waals surface area contributed by atoms with Crippen molar-refractivity contribution in [3.8, 4) is 11.5 Å². The van der Waals surface area contributed by atoms with Gasteiger partial charge in [0.15, 0.2) is 6.29 Å². The van der Waals surface area contributed by atoms with Gasteiger partial charge in [0.05, 0.1) is 46.8 Å². The molecule has 0 aromatic heterocycles. The Morgan fingerprint density at radius 2 is 0.907 bits per heavy atom. The Bertz CT molecular complexity index is 1490. The van der Waals surface area contributed by atoms with Crippen LogP contribution < -0.4 is 14.9 Å². The number of rotatable bonds is 12. The maximum Gasteiger partial charge on any atom is 0.495 e. The molecule has 2 aromatic rings. The number of benzene rings is 2. The van der Waals surface area contributed by atoms with Gasteiger partial charge in [-0.25, -0.2) is 0 Å². The second kappa shape index (κ2) is 19.0. The third-order valence-corrected chi connectivity index (χ3v) is 12.5. The van der Waals surface area contributed by atoms with Crippen molar-refractivity contribution in [2.45, 2.75) is 130 Å². The highest BCUT2D eigenvalue weighted by Crippen LogP contribution is 2.43. The molecule has 0 N–H and O–H groups in total. The highest BCUT2D eigenvalue weighted by molar-refractivity contribution is 9.10. The second-order valence-electron chi connectivity index (χ2n) is 16.3. The van der Waals surface area contributed by atoms with E-state index in [9.17, 15) is 9.59 Å². The lowest BCUT2D eigenvalue weighted by atomic mass is 9.49. The van der Waals surface area contributed by atoms with Crippen molar-refractivity contribution in [2.75, 3.05) is 23.9 Å². The molecule has 10 nitrogen and oxygen atoms in total. The summed E-state index contributed by atoms with van der Waals surface area (Å²) in [5.41, 5.74) is -0.408. The number of hydrogen-bond donors (Lipinski definition) is 0. The Morgan fingerprint density at radius 1 is 0.556 bits per heavy atom. The lowest BCUT2D eigenvalue weighted by Gasteiger charge is -2.32. The lowest BCUT2D eigenvalue weighted by molar-refractivity contribution is 0.00578. The number of ether oxygens (including phenoxy) is 2. The van der Waals surface area contributed by atoms with Gasteiger partial charge in [0, 0.05) is 26.3 Å². The molecule has 54 heavy (non-hydrogen) atoms. The van der Waals surface area contributed by atoms with Gasteiger partial charge in [0.25, 0.3) is 0 Å². The molecule has 5 rings (SSSR count). The van der Waals surface area contributed by atoms with Crippen molar-refractivity contribution in [3.05, 3.63) is 52.0 Å². The fourth-order valence-electron chi connectivity index (χ4n) is 5.11.